The van der Waals surface area contributed by atoms with Gasteiger partial charge in [0.1, 0.15) is 0 Å². The first kappa shape index (κ1) is 17.4. The van der Waals surface area contributed by atoms with Crippen molar-refractivity contribution < 1.29 is 20.4 Å². The molecule has 24 heavy (non-hydrogen) atoms. The van der Waals surface area contributed by atoms with Crippen molar-refractivity contribution in [3.05, 3.63) is 46.6 Å². The molecule has 4 rings (SSSR count). The van der Waals surface area contributed by atoms with Crippen molar-refractivity contribution in [3.8, 4) is 0 Å². The average Bonchev–Trinajstić information content (AvgIpc) is 3.26. The van der Waals surface area contributed by atoms with Crippen LogP contribution >= 0.6 is 8.51 Å². The van der Waals surface area contributed by atoms with Crippen LogP contribution in [0.5, 0.6) is 0 Å². The first-order valence-electron chi connectivity index (χ1n) is 9.65. The molecule has 0 amide bonds. The van der Waals surface area contributed by atoms with Crippen LogP contribution in [0.2, 0.25) is 7.25 Å². The van der Waals surface area contributed by atoms with Crippen molar-refractivity contribution in [2.24, 2.45) is 0 Å². The van der Waals surface area contributed by atoms with Gasteiger partial charge in [0.05, 0.1) is 0 Å². The molecule has 0 radical (unpaired) electrons. The standard InChI is InChI=1S/2C9H11.C2H4.CH3O.ClH.Zr/c2*1-2-5-9-7-3-6-8(9)4-1;2*1-2;;/h2*3,6-7H,1-2,4-5H2;1H,2H3;1H3;1H;/q;;;-1;;+2/p-1. The van der Waals surface area contributed by atoms with Crippen molar-refractivity contribution in [1.29, 1.82) is 0 Å². The number of allylic oxidation sites excluding steroid dienone is 8. The maximum atomic E-state index is 7.78. The molecule has 0 N–H and O–H groups in total. The van der Waals surface area contributed by atoms with Crippen LogP contribution in [0.1, 0.15) is 58.3 Å². The Morgan fingerprint density at radius 1 is 0.917 bits per heavy atom. The molecule has 0 bridgehead atoms. The first-order chi connectivity index (χ1) is 11.6. The third-order valence-electron chi connectivity index (χ3n) is 7.04. The van der Waals surface area contributed by atoms with Gasteiger partial charge in [0, 0.05) is 0 Å². The number of hydrogen-bond donors (Lipinski definition) is 0. The number of rotatable bonds is 3. The van der Waals surface area contributed by atoms with Gasteiger partial charge in [0.25, 0.3) is 0 Å². The van der Waals surface area contributed by atoms with E-state index in [2.05, 4.69) is 34.9 Å². The Balaban J connectivity index is 1.85. The van der Waals surface area contributed by atoms with Crippen LogP contribution in [0, 0.1) is 0 Å². The van der Waals surface area contributed by atoms with Gasteiger partial charge in [-0.15, -0.1) is 0 Å². The molecular weight excluding hydrogens is 395 g/mol. The molecule has 1 nitrogen and oxygen atoms in total. The molecule has 0 spiro atoms. The molecule has 0 saturated carbocycles. The molecule has 0 fully saturated rings. The van der Waals surface area contributed by atoms with Gasteiger partial charge in [0.15, 0.2) is 0 Å². The summed E-state index contributed by atoms with van der Waals surface area (Å²) < 4.78 is 9.54. The van der Waals surface area contributed by atoms with E-state index in [-0.39, 0.29) is 0 Å². The van der Waals surface area contributed by atoms with Gasteiger partial charge in [0.2, 0.25) is 0 Å². The second-order valence-corrected chi connectivity index (χ2v) is 24.4. The fourth-order valence-electron chi connectivity index (χ4n) is 5.63. The molecule has 0 aromatic carbocycles. The Hall–Kier alpha value is -0.0369. The van der Waals surface area contributed by atoms with E-state index in [0.29, 0.717) is 7.25 Å². The molecule has 3 heteroatoms. The zero-order valence-electron chi connectivity index (χ0n) is 15.0. The predicted molar refractivity (Wildman–Crippen MR) is 101 cm³/mol. The van der Waals surface area contributed by atoms with E-state index < -0.39 is 17.5 Å². The average molecular weight is 424 g/mol. The summed E-state index contributed by atoms with van der Waals surface area (Å²) in [7, 11) is 9.67. The third-order valence-corrected chi connectivity index (χ3v) is 25.5. The van der Waals surface area contributed by atoms with E-state index >= 15 is 0 Å². The zero-order valence-corrected chi connectivity index (χ0v) is 18.2. The molecule has 0 aromatic rings. The van der Waals surface area contributed by atoms with Gasteiger partial charge < -0.3 is 0 Å². The first-order valence-corrected chi connectivity index (χ1v) is 18.1. The molecule has 0 aliphatic heterocycles. The molecule has 4 aliphatic rings. The van der Waals surface area contributed by atoms with Crippen molar-refractivity contribution in [2.45, 2.75) is 65.5 Å². The van der Waals surface area contributed by atoms with Crippen molar-refractivity contribution in [1.82, 2.24) is 0 Å². The topological polar surface area (TPSA) is 9.23 Å². The van der Waals surface area contributed by atoms with Gasteiger partial charge in [-0.25, -0.2) is 0 Å². The molecule has 4 aliphatic carbocycles. The van der Waals surface area contributed by atoms with E-state index in [4.69, 9.17) is 11.3 Å². The zero-order chi connectivity index (χ0) is 16.8. The second kappa shape index (κ2) is 6.29. The third kappa shape index (κ3) is 2.36. The summed E-state index contributed by atoms with van der Waals surface area (Å²) in [5.41, 5.74) is 6.34. The molecule has 0 aromatic heterocycles. The summed E-state index contributed by atoms with van der Waals surface area (Å²) in [6.07, 6.45) is 19.7. The van der Waals surface area contributed by atoms with Gasteiger partial charge in [-0.1, -0.05) is 0 Å². The minimum atomic E-state index is -4.15. The summed E-state index contributed by atoms with van der Waals surface area (Å²) in [4.78, 5) is 0. The van der Waals surface area contributed by atoms with Gasteiger partial charge in [-0.3, -0.25) is 0 Å². The summed E-state index contributed by atoms with van der Waals surface area (Å²) in [5, 5.41) is 0. The van der Waals surface area contributed by atoms with Crippen LogP contribution in [-0.4, -0.2) is 10.8 Å². The Morgan fingerprint density at radius 3 is 1.79 bits per heavy atom. The van der Waals surface area contributed by atoms with Gasteiger partial charge in [-0.2, -0.15) is 0 Å². The van der Waals surface area contributed by atoms with E-state index in [1.165, 1.54) is 51.4 Å². The molecule has 0 heterocycles. The van der Waals surface area contributed by atoms with E-state index in [1.807, 2.05) is 7.11 Å². The monoisotopic (exact) mass is 422 g/mol. The summed E-state index contributed by atoms with van der Waals surface area (Å²) >= 11 is -4.15. The summed E-state index contributed by atoms with van der Waals surface area (Å²) in [6.45, 7) is 2.17. The molecular formula is C21H29ClOZr. The normalized spacial score (nSPS) is 30.0. The van der Waals surface area contributed by atoms with Gasteiger partial charge in [-0.05, 0) is 0 Å². The van der Waals surface area contributed by atoms with Crippen LogP contribution in [0.4, 0.5) is 0 Å². The number of halogens is 1. The van der Waals surface area contributed by atoms with Crippen molar-refractivity contribution >= 4 is 12.2 Å². The van der Waals surface area contributed by atoms with E-state index in [9.17, 15) is 0 Å². The molecule has 2 unspecified atom stereocenters. The summed E-state index contributed by atoms with van der Waals surface area (Å²) in [5.74, 6) is 0. The van der Waals surface area contributed by atoms with Crippen LogP contribution in [0.25, 0.3) is 0 Å². The SMILES string of the molecule is C[CH]=[Zr]([Cl])([O]C)([CH]1C=CC2=C1CCCC2)[CH]1C=CC2=C1CCCC2. The Labute approximate surface area is 151 Å². The fourth-order valence-corrected chi connectivity index (χ4v) is 19.8. The Bertz CT molecular complexity index is 698. The second-order valence-electron chi connectivity index (χ2n) is 7.94. The number of hydrogen-bond acceptors (Lipinski definition) is 1. The summed E-state index contributed by atoms with van der Waals surface area (Å²) in [6, 6.07) is 0. The maximum absolute atomic E-state index is 7.78. The van der Waals surface area contributed by atoms with Crippen LogP contribution in [-0.2, 0) is 20.4 Å². The van der Waals surface area contributed by atoms with Crippen molar-refractivity contribution in [2.75, 3.05) is 7.11 Å². The van der Waals surface area contributed by atoms with Crippen LogP contribution in [0.15, 0.2) is 46.6 Å². The minimum absolute atomic E-state index is 0.349. The molecule has 0 saturated heterocycles. The van der Waals surface area contributed by atoms with E-state index in [1.54, 1.807) is 22.3 Å². The quantitative estimate of drug-likeness (QED) is 0.492. The predicted octanol–water partition coefficient (Wildman–Crippen LogP) is 6.67. The Kier molecular flexibility index (Phi) is 4.56. The van der Waals surface area contributed by atoms with Crippen LogP contribution < -0.4 is 0 Å². The van der Waals surface area contributed by atoms with Crippen molar-refractivity contribution in [3.63, 3.8) is 0 Å². The van der Waals surface area contributed by atoms with E-state index in [0.717, 1.165) is 0 Å². The Morgan fingerprint density at radius 2 is 1.38 bits per heavy atom. The van der Waals surface area contributed by atoms with Crippen LogP contribution in [0.3, 0.4) is 0 Å². The molecule has 2 atom stereocenters. The molecule has 130 valence electrons. The fraction of sp³-hybridized carbons (Fsp3) is 0.571. The van der Waals surface area contributed by atoms with Gasteiger partial charge >= 0.3 is 152 Å².